The number of benzene rings is 1. The molecule has 21 heavy (non-hydrogen) atoms. The van der Waals surface area contributed by atoms with Crippen LogP contribution in [0.25, 0.3) is 0 Å². The van der Waals surface area contributed by atoms with Crippen LogP contribution in [0, 0.1) is 0 Å². The van der Waals surface area contributed by atoms with Gasteiger partial charge >= 0.3 is 6.36 Å². The van der Waals surface area contributed by atoms with Gasteiger partial charge in [-0.05, 0) is 46.6 Å². The van der Waals surface area contributed by atoms with E-state index in [1.807, 2.05) is 6.08 Å². The highest BCUT2D eigenvalue weighted by atomic mass is 79.9. The molecule has 0 radical (unpaired) electrons. The molecule has 0 fully saturated rings. The Morgan fingerprint density at radius 1 is 1.29 bits per heavy atom. The van der Waals surface area contributed by atoms with E-state index in [1.54, 1.807) is 6.08 Å². The monoisotopic (exact) mass is 401 g/mol. The number of hydrogen-bond donors (Lipinski definition) is 1. The van der Waals surface area contributed by atoms with Crippen molar-refractivity contribution in [1.82, 2.24) is 0 Å². The quantitative estimate of drug-likeness (QED) is 0.692. The fraction of sp³-hybridized carbons (Fsp3) is 0.231. The molecule has 0 aromatic heterocycles. The fourth-order valence-corrected chi connectivity index (χ4v) is 2.67. The lowest BCUT2D eigenvalue weighted by Gasteiger charge is -2.22. The summed E-state index contributed by atoms with van der Waals surface area (Å²) >= 11 is 15.1. The molecule has 0 aliphatic heterocycles. The number of halogens is 6. The molecule has 2 rings (SSSR count). The second-order valence-electron chi connectivity index (χ2n) is 4.22. The molecule has 1 unspecified atom stereocenters. The van der Waals surface area contributed by atoms with E-state index in [2.05, 4.69) is 26.0 Å². The molecule has 0 bridgehead atoms. The van der Waals surface area contributed by atoms with Crippen LogP contribution < -0.4 is 10.1 Å². The molecule has 1 aromatic rings. The maximum absolute atomic E-state index is 12.2. The summed E-state index contributed by atoms with van der Waals surface area (Å²) in [5.41, 5.74) is 0.597. The second-order valence-corrected chi connectivity index (χ2v) is 5.89. The normalized spacial score (nSPS) is 18.9. The highest BCUT2D eigenvalue weighted by Gasteiger charge is 2.32. The summed E-state index contributed by atoms with van der Waals surface area (Å²) in [5, 5.41) is 4.00. The van der Waals surface area contributed by atoms with Crippen molar-refractivity contribution < 1.29 is 17.9 Å². The number of allylic oxidation sites excluding steroid dienone is 2. The van der Waals surface area contributed by atoms with Gasteiger partial charge in [0.05, 0.1) is 20.6 Å². The Labute approximate surface area is 137 Å². The molecule has 0 amide bonds. The first kappa shape index (κ1) is 16.5. The van der Waals surface area contributed by atoms with Gasteiger partial charge in [0.15, 0.2) is 0 Å². The minimum absolute atomic E-state index is 0.183. The Morgan fingerprint density at radius 3 is 2.62 bits per heavy atom. The molecule has 2 nitrogen and oxygen atoms in total. The summed E-state index contributed by atoms with van der Waals surface area (Å²) in [6, 6.07) is 3.96. The van der Waals surface area contributed by atoms with Gasteiger partial charge in [-0.2, -0.15) is 0 Å². The van der Waals surface area contributed by atoms with Crippen molar-refractivity contribution in [2.24, 2.45) is 0 Å². The summed E-state index contributed by atoms with van der Waals surface area (Å²) < 4.78 is 40.6. The zero-order valence-electron chi connectivity index (χ0n) is 10.3. The third-order valence-electron chi connectivity index (χ3n) is 2.67. The van der Waals surface area contributed by atoms with E-state index in [9.17, 15) is 13.2 Å². The summed E-state index contributed by atoms with van der Waals surface area (Å²) in [6.07, 6.45) is -0.529. The van der Waals surface area contributed by atoms with Gasteiger partial charge in [-0.25, -0.2) is 0 Å². The van der Waals surface area contributed by atoms with Crippen molar-refractivity contribution >= 4 is 44.8 Å². The van der Waals surface area contributed by atoms with Crippen LogP contribution in [0.4, 0.5) is 18.9 Å². The molecule has 1 aromatic carbocycles. The van der Waals surface area contributed by atoms with Crippen molar-refractivity contribution in [3.8, 4) is 5.75 Å². The Hall–Kier alpha value is -0.850. The lowest BCUT2D eigenvalue weighted by Crippen LogP contribution is -2.21. The Morgan fingerprint density at radius 2 is 2.00 bits per heavy atom. The zero-order chi connectivity index (χ0) is 15.6. The minimum atomic E-state index is -4.73. The van der Waals surface area contributed by atoms with Crippen molar-refractivity contribution in [2.45, 2.75) is 18.8 Å². The maximum Gasteiger partial charge on any atom is 0.573 e. The molecular weight excluding hydrogens is 394 g/mol. The molecule has 1 aliphatic rings. The highest BCUT2D eigenvalue weighted by molar-refractivity contribution is 9.10. The van der Waals surface area contributed by atoms with E-state index in [0.29, 0.717) is 22.2 Å². The van der Waals surface area contributed by atoms with E-state index in [4.69, 9.17) is 23.2 Å². The summed E-state index contributed by atoms with van der Waals surface area (Å²) in [5.74, 6) is -0.309. The Bertz CT molecular complexity index is 602. The standard InChI is InChI=1S/C13H9BrCl2F3NO/c14-8-6-7(4-5-11(8)21-13(17,18)19)20-10-3-1-2-9(15)12(10)16/h1-2,4-6,10,20H,3H2. The third-order valence-corrected chi connectivity index (χ3v) is 4.18. The first-order valence-corrected chi connectivity index (χ1v) is 7.34. The number of anilines is 1. The SMILES string of the molecule is FC(F)(F)Oc1ccc(NC2CC=CC(Cl)=C2Cl)cc1Br. The number of nitrogens with one attached hydrogen (secondary N) is 1. The molecule has 0 saturated heterocycles. The van der Waals surface area contributed by atoms with E-state index >= 15 is 0 Å². The smallest absolute Gasteiger partial charge is 0.405 e. The van der Waals surface area contributed by atoms with Gasteiger partial charge in [-0.3, -0.25) is 0 Å². The topological polar surface area (TPSA) is 21.3 Å². The van der Waals surface area contributed by atoms with E-state index < -0.39 is 6.36 Å². The van der Waals surface area contributed by atoms with Crippen molar-refractivity contribution in [2.75, 3.05) is 5.32 Å². The van der Waals surface area contributed by atoms with Crippen LogP contribution in [0.3, 0.4) is 0 Å². The molecule has 1 N–H and O–H groups in total. The van der Waals surface area contributed by atoms with Gasteiger partial charge in [-0.1, -0.05) is 29.3 Å². The van der Waals surface area contributed by atoms with Gasteiger partial charge in [0.25, 0.3) is 0 Å². The van der Waals surface area contributed by atoms with Crippen molar-refractivity contribution in [3.05, 3.63) is 44.9 Å². The van der Waals surface area contributed by atoms with Crippen LogP contribution in [0.5, 0.6) is 5.75 Å². The second kappa shape index (κ2) is 6.50. The van der Waals surface area contributed by atoms with Crippen LogP contribution in [0.1, 0.15) is 6.42 Å². The molecule has 0 saturated carbocycles. The highest BCUT2D eigenvalue weighted by Crippen LogP contribution is 2.34. The van der Waals surface area contributed by atoms with Crippen LogP contribution in [0.2, 0.25) is 0 Å². The predicted octanol–water partition coefficient (Wildman–Crippen LogP) is 5.78. The van der Waals surface area contributed by atoms with Crippen LogP contribution in [-0.4, -0.2) is 12.4 Å². The molecule has 8 heteroatoms. The predicted molar refractivity (Wildman–Crippen MR) is 80.7 cm³/mol. The van der Waals surface area contributed by atoms with Gasteiger partial charge in [-0.15, -0.1) is 13.2 Å². The number of rotatable bonds is 3. The molecule has 1 atom stereocenters. The van der Waals surface area contributed by atoms with E-state index in [0.717, 1.165) is 0 Å². The third kappa shape index (κ3) is 4.56. The average Bonchev–Trinajstić information content (AvgIpc) is 2.37. The molecule has 1 aliphatic carbocycles. The largest absolute Gasteiger partial charge is 0.573 e. The zero-order valence-corrected chi connectivity index (χ0v) is 13.4. The maximum atomic E-state index is 12.2. The number of hydrogen-bond acceptors (Lipinski definition) is 2. The first-order valence-electron chi connectivity index (χ1n) is 5.80. The lowest BCUT2D eigenvalue weighted by atomic mass is 10.1. The number of alkyl halides is 3. The van der Waals surface area contributed by atoms with Crippen molar-refractivity contribution in [1.29, 1.82) is 0 Å². The summed E-state index contributed by atoms with van der Waals surface area (Å²) in [7, 11) is 0. The Kier molecular flexibility index (Phi) is 5.11. The van der Waals surface area contributed by atoms with E-state index in [1.165, 1.54) is 18.2 Å². The lowest BCUT2D eigenvalue weighted by molar-refractivity contribution is -0.274. The molecular formula is C13H9BrCl2F3NO. The molecule has 0 heterocycles. The van der Waals surface area contributed by atoms with E-state index in [-0.39, 0.29) is 16.3 Å². The van der Waals surface area contributed by atoms with Crippen molar-refractivity contribution in [3.63, 3.8) is 0 Å². The molecule has 0 spiro atoms. The van der Waals surface area contributed by atoms with Crippen LogP contribution in [0.15, 0.2) is 44.9 Å². The molecule has 114 valence electrons. The van der Waals surface area contributed by atoms with Crippen LogP contribution >= 0.6 is 39.1 Å². The van der Waals surface area contributed by atoms with Gasteiger partial charge < -0.3 is 10.1 Å². The van der Waals surface area contributed by atoms with Gasteiger partial charge in [0.2, 0.25) is 0 Å². The fourth-order valence-electron chi connectivity index (χ4n) is 1.78. The van der Waals surface area contributed by atoms with Crippen LogP contribution in [-0.2, 0) is 0 Å². The Balaban J connectivity index is 2.13. The summed E-state index contributed by atoms with van der Waals surface area (Å²) in [6.45, 7) is 0. The average molecular weight is 403 g/mol. The number of ether oxygens (including phenoxy) is 1. The first-order chi connectivity index (χ1) is 9.76. The summed E-state index contributed by atoms with van der Waals surface area (Å²) in [4.78, 5) is 0. The minimum Gasteiger partial charge on any atom is -0.405 e. The van der Waals surface area contributed by atoms with Gasteiger partial charge in [0.1, 0.15) is 5.75 Å². The van der Waals surface area contributed by atoms with Gasteiger partial charge in [0, 0.05) is 5.69 Å².